The summed E-state index contributed by atoms with van der Waals surface area (Å²) in [5, 5.41) is 4.88. The molecule has 106 valence electrons. The maximum absolute atomic E-state index is 12.4. The molecular weight excluding hydrogens is 282 g/mol. The third-order valence-corrected chi connectivity index (χ3v) is 4.41. The van der Waals surface area contributed by atoms with Crippen LogP contribution >= 0.6 is 11.3 Å². The third-order valence-electron chi connectivity index (χ3n) is 3.25. The highest BCUT2D eigenvalue weighted by Gasteiger charge is 2.06. The summed E-state index contributed by atoms with van der Waals surface area (Å²) in [5.74, 6) is 0.585. The van der Waals surface area contributed by atoms with Crippen molar-refractivity contribution in [2.45, 2.75) is 20.3 Å². The number of hydrogen-bond acceptors (Lipinski definition) is 4. The summed E-state index contributed by atoms with van der Waals surface area (Å²) >= 11 is 1.68. The van der Waals surface area contributed by atoms with Crippen LogP contribution in [0.15, 0.2) is 46.3 Å². The van der Waals surface area contributed by atoms with E-state index in [1.807, 2.05) is 24.3 Å². The molecule has 21 heavy (non-hydrogen) atoms. The van der Waals surface area contributed by atoms with Gasteiger partial charge in [0.1, 0.15) is 5.82 Å². The molecule has 0 aliphatic carbocycles. The first kappa shape index (κ1) is 13.7. The molecule has 0 aliphatic rings. The van der Waals surface area contributed by atoms with Gasteiger partial charge in [-0.25, -0.2) is 4.98 Å². The predicted octanol–water partition coefficient (Wildman–Crippen LogP) is 3.21. The Hall–Kier alpha value is -2.27. The second kappa shape index (κ2) is 5.61. The number of benzene rings is 1. The number of para-hydroxylation sites is 1. The minimum atomic E-state index is -0.137. The molecular formula is C16H15N3OS. The fourth-order valence-electron chi connectivity index (χ4n) is 2.14. The highest BCUT2D eigenvalue weighted by molar-refractivity contribution is 7.13. The average molecular weight is 297 g/mol. The first-order valence-corrected chi connectivity index (χ1v) is 7.62. The fourth-order valence-corrected chi connectivity index (χ4v) is 2.96. The van der Waals surface area contributed by atoms with Crippen LogP contribution < -0.4 is 5.56 Å². The molecule has 0 fully saturated rings. The minimum Gasteiger partial charge on any atom is -0.267 e. The van der Waals surface area contributed by atoms with Crippen LogP contribution in [0, 0.1) is 6.92 Å². The molecule has 0 radical (unpaired) electrons. The normalized spacial score (nSPS) is 11.5. The zero-order valence-electron chi connectivity index (χ0n) is 11.9. The number of fused-ring (bicyclic) bond motifs is 1. The van der Waals surface area contributed by atoms with E-state index in [-0.39, 0.29) is 5.56 Å². The van der Waals surface area contributed by atoms with Crippen molar-refractivity contribution in [1.29, 1.82) is 0 Å². The van der Waals surface area contributed by atoms with E-state index in [0.29, 0.717) is 16.7 Å². The van der Waals surface area contributed by atoms with Crippen molar-refractivity contribution >= 4 is 28.5 Å². The minimum absolute atomic E-state index is 0.137. The van der Waals surface area contributed by atoms with Crippen molar-refractivity contribution in [1.82, 2.24) is 9.66 Å². The van der Waals surface area contributed by atoms with Gasteiger partial charge in [0.05, 0.1) is 17.1 Å². The van der Waals surface area contributed by atoms with Gasteiger partial charge >= 0.3 is 0 Å². The fraction of sp³-hybridized carbons (Fsp3) is 0.188. The molecule has 0 atom stereocenters. The molecule has 3 aromatic rings. The summed E-state index contributed by atoms with van der Waals surface area (Å²) in [6.45, 7) is 3.91. The van der Waals surface area contributed by atoms with Crippen LogP contribution in [-0.4, -0.2) is 15.9 Å². The molecule has 3 rings (SSSR count). The van der Waals surface area contributed by atoms with E-state index in [1.165, 1.54) is 9.55 Å². The second-order valence-electron chi connectivity index (χ2n) is 4.70. The Morgan fingerprint density at radius 3 is 2.86 bits per heavy atom. The van der Waals surface area contributed by atoms with Crippen LogP contribution in [-0.2, 0) is 6.42 Å². The molecule has 0 amide bonds. The molecule has 0 unspecified atom stereocenters. The first-order chi connectivity index (χ1) is 10.2. The Kier molecular flexibility index (Phi) is 3.66. The van der Waals surface area contributed by atoms with E-state index in [4.69, 9.17) is 0 Å². The maximum atomic E-state index is 12.4. The summed E-state index contributed by atoms with van der Waals surface area (Å²) in [7, 11) is 0. The zero-order valence-corrected chi connectivity index (χ0v) is 12.7. The highest BCUT2D eigenvalue weighted by Crippen LogP contribution is 2.15. The highest BCUT2D eigenvalue weighted by atomic mass is 32.1. The number of thiophene rings is 1. The Balaban J connectivity index is 2.06. The van der Waals surface area contributed by atoms with Gasteiger partial charge in [-0.15, -0.1) is 11.3 Å². The number of hydrogen-bond donors (Lipinski definition) is 0. The van der Waals surface area contributed by atoms with Crippen molar-refractivity contribution in [3.63, 3.8) is 0 Å². The number of nitrogens with zero attached hydrogens (tertiary/aromatic N) is 3. The Labute approximate surface area is 126 Å². The molecule has 0 spiro atoms. The van der Waals surface area contributed by atoms with Crippen LogP contribution in [0.4, 0.5) is 0 Å². The average Bonchev–Trinajstić information content (AvgIpc) is 2.95. The van der Waals surface area contributed by atoms with Gasteiger partial charge in [-0.2, -0.15) is 9.78 Å². The summed E-state index contributed by atoms with van der Waals surface area (Å²) < 4.78 is 1.35. The quantitative estimate of drug-likeness (QED) is 0.697. The van der Waals surface area contributed by atoms with Crippen LogP contribution in [0.25, 0.3) is 10.9 Å². The van der Waals surface area contributed by atoms with Gasteiger partial charge in [-0.1, -0.05) is 19.1 Å². The lowest BCUT2D eigenvalue weighted by atomic mass is 10.2. The first-order valence-electron chi connectivity index (χ1n) is 6.80. The van der Waals surface area contributed by atoms with Gasteiger partial charge in [0.2, 0.25) is 0 Å². The van der Waals surface area contributed by atoms with Crippen LogP contribution in [0.5, 0.6) is 0 Å². The molecule has 0 aliphatic heterocycles. The van der Waals surface area contributed by atoms with Gasteiger partial charge in [0.15, 0.2) is 0 Å². The van der Waals surface area contributed by atoms with Gasteiger partial charge in [-0.3, -0.25) is 4.79 Å². The Bertz CT molecular complexity index is 877. The summed E-state index contributed by atoms with van der Waals surface area (Å²) in [4.78, 5) is 19.2. The smallest absolute Gasteiger partial charge is 0.267 e. The van der Waals surface area contributed by atoms with Gasteiger partial charge < -0.3 is 0 Å². The van der Waals surface area contributed by atoms with Crippen LogP contribution in [0.2, 0.25) is 0 Å². The van der Waals surface area contributed by atoms with E-state index in [2.05, 4.69) is 23.1 Å². The maximum Gasteiger partial charge on any atom is 0.282 e. The molecule has 2 heterocycles. The molecule has 2 aromatic heterocycles. The SMILES string of the molecule is CCc1ccc(/C=N/n2c(C)nc3ccccc3c2=O)s1. The monoisotopic (exact) mass is 297 g/mol. The number of rotatable bonds is 3. The standard InChI is InChI=1S/C16H15N3OS/c1-3-12-8-9-13(21-12)10-17-19-11(2)18-15-7-5-4-6-14(15)16(19)20/h4-10H,3H2,1-2H3/b17-10+. The van der Waals surface area contributed by atoms with Crippen molar-refractivity contribution in [2.75, 3.05) is 0 Å². The molecule has 5 heteroatoms. The third kappa shape index (κ3) is 2.64. The van der Waals surface area contributed by atoms with Gasteiger partial charge in [0.25, 0.3) is 5.56 Å². The van der Waals surface area contributed by atoms with E-state index >= 15 is 0 Å². The summed E-state index contributed by atoms with van der Waals surface area (Å²) in [6.07, 6.45) is 2.73. The van der Waals surface area contributed by atoms with Crippen LogP contribution in [0.3, 0.4) is 0 Å². The summed E-state index contributed by atoms with van der Waals surface area (Å²) in [5.41, 5.74) is 0.567. The lowest BCUT2D eigenvalue weighted by Crippen LogP contribution is -2.20. The molecule has 0 bridgehead atoms. The lowest BCUT2D eigenvalue weighted by molar-refractivity contribution is 0.771. The number of aromatic nitrogens is 2. The van der Waals surface area contributed by atoms with Crippen molar-refractivity contribution in [3.05, 3.63) is 62.3 Å². The largest absolute Gasteiger partial charge is 0.282 e. The van der Waals surface area contributed by atoms with Crippen molar-refractivity contribution in [3.8, 4) is 0 Å². The van der Waals surface area contributed by atoms with Gasteiger partial charge in [0, 0.05) is 9.75 Å². The van der Waals surface area contributed by atoms with Gasteiger partial charge in [-0.05, 0) is 37.6 Å². The van der Waals surface area contributed by atoms with E-state index in [1.54, 1.807) is 30.5 Å². The van der Waals surface area contributed by atoms with E-state index < -0.39 is 0 Å². The molecule has 0 saturated carbocycles. The van der Waals surface area contributed by atoms with E-state index in [9.17, 15) is 4.79 Å². The molecule has 0 saturated heterocycles. The molecule has 4 nitrogen and oxygen atoms in total. The topological polar surface area (TPSA) is 47.2 Å². The zero-order chi connectivity index (χ0) is 14.8. The second-order valence-corrected chi connectivity index (χ2v) is 5.90. The molecule has 1 aromatic carbocycles. The summed E-state index contributed by atoms with van der Waals surface area (Å²) in [6, 6.07) is 11.4. The predicted molar refractivity (Wildman–Crippen MR) is 87.4 cm³/mol. The Morgan fingerprint density at radius 1 is 1.29 bits per heavy atom. The van der Waals surface area contributed by atoms with Crippen molar-refractivity contribution in [2.24, 2.45) is 5.10 Å². The van der Waals surface area contributed by atoms with Crippen molar-refractivity contribution < 1.29 is 0 Å². The molecule has 0 N–H and O–H groups in total. The van der Waals surface area contributed by atoms with Crippen LogP contribution in [0.1, 0.15) is 22.5 Å². The number of aryl methyl sites for hydroxylation is 2. The van der Waals surface area contributed by atoms with E-state index in [0.717, 1.165) is 11.3 Å². The Morgan fingerprint density at radius 2 is 2.10 bits per heavy atom. The lowest BCUT2D eigenvalue weighted by Gasteiger charge is -2.04.